The Kier molecular flexibility index (Phi) is 4.48. The van der Waals surface area contributed by atoms with Crippen LogP contribution in [0.15, 0.2) is 24.3 Å². The number of amidine groups is 1. The van der Waals surface area contributed by atoms with Gasteiger partial charge in [0.25, 0.3) is 0 Å². The number of ether oxygens (including phenoxy) is 1. The van der Waals surface area contributed by atoms with Crippen molar-refractivity contribution in [3.05, 3.63) is 51.7 Å². The van der Waals surface area contributed by atoms with Crippen molar-refractivity contribution in [1.82, 2.24) is 4.98 Å². The van der Waals surface area contributed by atoms with Gasteiger partial charge in [-0.2, -0.15) is 0 Å². The molecule has 2 rings (SSSR count). The lowest BCUT2D eigenvalue weighted by atomic mass is 10.1. The molecule has 3 N–H and O–H groups in total. The lowest BCUT2D eigenvalue weighted by Gasteiger charge is -2.13. The van der Waals surface area contributed by atoms with Gasteiger partial charge in [0.2, 0.25) is 5.88 Å². The third kappa shape index (κ3) is 3.34. The fraction of sp³-hybridized carbons (Fsp3) is 0.250. The maximum Gasteiger partial charge on any atom is 0.230 e. The average Bonchev–Trinajstić information content (AvgIpc) is 2.39. The van der Waals surface area contributed by atoms with Crippen molar-refractivity contribution in [3.63, 3.8) is 0 Å². The standard InChI is InChI=1S/C16H18ClN3O/c1-4-11-8-12(5-6-13(11)17)21-16-14(15(18)19)9(2)7-10(3)20-16/h5-8H,4H2,1-3H3,(H3,18,19). The van der Waals surface area contributed by atoms with Gasteiger partial charge in [0, 0.05) is 10.7 Å². The van der Waals surface area contributed by atoms with Gasteiger partial charge in [-0.3, -0.25) is 5.41 Å². The predicted octanol–water partition coefficient (Wildman–Crippen LogP) is 3.99. The van der Waals surface area contributed by atoms with Crippen LogP contribution >= 0.6 is 11.6 Å². The summed E-state index contributed by atoms with van der Waals surface area (Å²) in [7, 11) is 0. The largest absolute Gasteiger partial charge is 0.438 e. The van der Waals surface area contributed by atoms with Crippen LogP contribution in [0.5, 0.6) is 11.6 Å². The molecule has 0 atom stereocenters. The van der Waals surface area contributed by atoms with Crippen molar-refractivity contribution in [1.29, 1.82) is 5.41 Å². The molecule has 0 radical (unpaired) electrons. The maximum absolute atomic E-state index is 7.70. The van der Waals surface area contributed by atoms with E-state index in [-0.39, 0.29) is 5.84 Å². The number of nitrogens with two attached hydrogens (primary N) is 1. The van der Waals surface area contributed by atoms with Crippen LogP contribution in [0.25, 0.3) is 0 Å². The number of halogens is 1. The zero-order chi connectivity index (χ0) is 15.6. The van der Waals surface area contributed by atoms with E-state index in [9.17, 15) is 0 Å². The second-order valence-electron chi connectivity index (χ2n) is 4.88. The van der Waals surface area contributed by atoms with E-state index in [1.54, 1.807) is 12.1 Å². The Morgan fingerprint density at radius 3 is 2.67 bits per heavy atom. The molecule has 0 bridgehead atoms. The van der Waals surface area contributed by atoms with Gasteiger partial charge >= 0.3 is 0 Å². The highest BCUT2D eigenvalue weighted by Crippen LogP contribution is 2.29. The number of hydrogen-bond acceptors (Lipinski definition) is 3. The van der Waals surface area contributed by atoms with Gasteiger partial charge in [-0.15, -0.1) is 0 Å². The number of nitrogens with zero attached hydrogens (tertiary/aromatic N) is 1. The number of nitrogen functional groups attached to an aromatic ring is 1. The third-order valence-corrected chi connectivity index (χ3v) is 3.56. The van der Waals surface area contributed by atoms with Crippen molar-refractivity contribution in [2.75, 3.05) is 0 Å². The monoisotopic (exact) mass is 303 g/mol. The summed E-state index contributed by atoms with van der Waals surface area (Å²) in [5, 5.41) is 8.42. The van der Waals surface area contributed by atoms with E-state index in [1.807, 2.05) is 32.9 Å². The van der Waals surface area contributed by atoms with Crippen molar-refractivity contribution in [2.45, 2.75) is 27.2 Å². The smallest absolute Gasteiger partial charge is 0.230 e. The summed E-state index contributed by atoms with van der Waals surface area (Å²) in [6.45, 7) is 5.79. The highest BCUT2D eigenvalue weighted by atomic mass is 35.5. The molecule has 0 aliphatic carbocycles. The normalized spacial score (nSPS) is 10.5. The van der Waals surface area contributed by atoms with Gasteiger partial charge < -0.3 is 10.5 Å². The first kappa shape index (κ1) is 15.3. The third-order valence-electron chi connectivity index (χ3n) is 3.19. The van der Waals surface area contributed by atoms with Gasteiger partial charge in [-0.1, -0.05) is 18.5 Å². The first-order valence-electron chi connectivity index (χ1n) is 6.71. The second kappa shape index (κ2) is 6.14. The molecular weight excluding hydrogens is 286 g/mol. The summed E-state index contributed by atoms with van der Waals surface area (Å²) >= 11 is 6.11. The molecule has 0 spiro atoms. The number of benzene rings is 1. The molecule has 0 aliphatic heterocycles. The molecule has 110 valence electrons. The Labute approximate surface area is 129 Å². The molecule has 5 heteroatoms. The zero-order valence-corrected chi connectivity index (χ0v) is 13.1. The Hall–Kier alpha value is -2.07. The Balaban J connectivity index is 2.46. The zero-order valence-electron chi connectivity index (χ0n) is 12.3. The Morgan fingerprint density at radius 2 is 2.05 bits per heavy atom. The molecular formula is C16H18ClN3O. The van der Waals surface area contributed by atoms with Crippen molar-refractivity contribution in [3.8, 4) is 11.6 Å². The first-order valence-corrected chi connectivity index (χ1v) is 7.09. The van der Waals surface area contributed by atoms with Gasteiger partial charge in [-0.05, 0) is 55.7 Å². The quantitative estimate of drug-likeness (QED) is 0.662. The van der Waals surface area contributed by atoms with Crippen molar-refractivity contribution < 1.29 is 4.74 Å². The van der Waals surface area contributed by atoms with E-state index in [0.29, 0.717) is 22.2 Å². The minimum absolute atomic E-state index is 0.0559. The second-order valence-corrected chi connectivity index (χ2v) is 5.29. The fourth-order valence-corrected chi connectivity index (χ4v) is 2.45. The lowest BCUT2D eigenvalue weighted by Crippen LogP contribution is -2.15. The Bertz CT molecular complexity index is 698. The van der Waals surface area contributed by atoms with Crippen molar-refractivity contribution >= 4 is 17.4 Å². The van der Waals surface area contributed by atoms with Crippen LogP contribution in [0.2, 0.25) is 5.02 Å². The average molecular weight is 304 g/mol. The van der Waals surface area contributed by atoms with Crippen LogP contribution in [0.4, 0.5) is 0 Å². The number of nitrogens with one attached hydrogen (secondary N) is 1. The minimum Gasteiger partial charge on any atom is -0.438 e. The van der Waals surface area contributed by atoms with E-state index in [4.69, 9.17) is 27.5 Å². The van der Waals surface area contributed by atoms with Crippen LogP contribution in [-0.4, -0.2) is 10.8 Å². The highest BCUT2D eigenvalue weighted by molar-refractivity contribution is 6.31. The van der Waals surface area contributed by atoms with Crippen LogP contribution in [0, 0.1) is 19.3 Å². The SMILES string of the molecule is CCc1cc(Oc2nc(C)cc(C)c2C(=N)N)ccc1Cl. The number of pyridine rings is 1. The van der Waals surface area contributed by atoms with E-state index in [1.165, 1.54) is 0 Å². The van der Waals surface area contributed by atoms with Gasteiger partial charge in [-0.25, -0.2) is 4.98 Å². The molecule has 0 unspecified atom stereocenters. The van der Waals surface area contributed by atoms with Gasteiger partial charge in [0.05, 0.1) is 5.56 Å². The summed E-state index contributed by atoms with van der Waals surface area (Å²) < 4.78 is 5.84. The molecule has 1 heterocycles. The fourth-order valence-electron chi connectivity index (χ4n) is 2.20. The van der Waals surface area contributed by atoms with E-state index < -0.39 is 0 Å². The number of rotatable bonds is 4. The van der Waals surface area contributed by atoms with Gasteiger partial charge in [0.15, 0.2) is 0 Å². The van der Waals surface area contributed by atoms with E-state index >= 15 is 0 Å². The molecule has 1 aromatic heterocycles. The van der Waals surface area contributed by atoms with E-state index in [2.05, 4.69) is 4.98 Å². The lowest BCUT2D eigenvalue weighted by molar-refractivity contribution is 0.459. The number of aryl methyl sites for hydroxylation is 3. The van der Waals surface area contributed by atoms with Crippen LogP contribution in [0.3, 0.4) is 0 Å². The number of hydrogen-bond donors (Lipinski definition) is 2. The molecule has 0 fully saturated rings. The summed E-state index contributed by atoms with van der Waals surface area (Å²) in [5.41, 5.74) is 8.85. The first-order chi connectivity index (χ1) is 9.92. The predicted molar refractivity (Wildman–Crippen MR) is 85.6 cm³/mol. The number of aromatic nitrogens is 1. The highest BCUT2D eigenvalue weighted by Gasteiger charge is 2.14. The molecule has 0 saturated heterocycles. The molecule has 0 amide bonds. The molecule has 2 aromatic rings. The molecule has 4 nitrogen and oxygen atoms in total. The molecule has 1 aromatic carbocycles. The van der Waals surface area contributed by atoms with Gasteiger partial charge in [0.1, 0.15) is 11.6 Å². The summed E-state index contributed by atoms with van der Waals surface area (Å²) in [6, 6.07) is 7.34. The minimum atomic E-state index is -0.0559. The van der Waals surface area contributed by atoms with Crippen molar-refractivity contribution in [2.24, 2.45) is 5.73 Å². The van der Waals surface area contributed by atoms with Crippen LogP contribution in [0.1, 0.15) is 29.3 Å². The summed E-state index contributed by atoms with van der Waals surface area (Å²) in [4.78, 5) is 4.35. The maximum atomic E-state index is 7.70. The Morgan fingerprint density at radius 1 is 1.33 bits per heavy atom. The van der Waals surface area contributed by atoms with Crippen LogP contribution < -0.4 is 10.5 Å². The molecule has 0 saturated carbocycles. The van der Waals surface area contributed by atoms with Crippen LogP contribution in [-0.2, 0) is 6.42 Å². The topological polar surface area (TPSA) is 72.0 Å². The molecule has 21 heavy (non-hydrogen) atoms. The summed E-state index contributed by atoms with van der Waals surface area (Å²) in [6.07, 6.45) is 0.815. The summed E-state index contributed by atoms with van der Waals surface area (Å²) in [5.74, 6) is 0.931. The molecule has 0 aliphatic rings. The van der Waals surface area contributed by atoms with E-state index in [0.717, 1.165) is 23.2 Å².